The number of likely N-dealkylation sites (tertiary alicyclic amines) is 1. The number of carbonyl (C=O) groups excluding carboxylic acids is 2. The topological polar surface area (TPSA) is 77.3 Å². The molecule has 2 aromatic rings. The van der Waals surface area contributed by atoms with Gasteiger partial charge in [-0.3, -0.25) is 14.5 Å². The maximum absolute atomic E-state index is 14.6. The third-order valence-electron chi connectivity index (χ3n) is 5.71. The van der Waals surface area contributed by atoms with Gasteiger partial charge in [-0.1, -0.05) is 18.2 Å². The number of thiol groups is 1. The molecule has 1 saturated carbocycles. The fourth-order valence-electron chi connectivity index (χ4n) is 3.89. The third-order valence-corrected chi connectivity index (χ3v) is 6.29. The summed E-state index contributed by atoms with van der Waals surface area (Å²) in [5, 5.41) is 4.28. The van der Waals surface area contributed by atoms with Crippen LogP contribution in [0, 0.1) is 11.7 Å². The van der Waals surface area contributed by atoms with Crippen molar-refractivity contribution in [3.63, 3.8) is 0 Å². The highest BCUT2D eigenvalue weighted by Crippen LogP contribution is 2.39. The molecule has 0 bridgehead atoms. The fourth-order valence-corrected chi connectivity index (χ4v) is 4.16. The molecule has 7 nitrogen and oxygen atoms in total. The predicted molar refractivity (Wildman–Crippen MR) is 123 cm³/mol. The summed E-state index contributed by atoms with van der Waals surface area (Å²) in [6, 6.07) is 5.91. The van der Waals surface area contributed by atoms with Gasteiger partial charge in [-0.25, -0.2) is 14.1 Å². The maximum Gasteiger partial charge on any atom is 0.327 e. The number of hydrogen-bond acceptors (Lipinski definition) is 7. The van der Waals surface area contributed by atoms with Crippen LogP contribution >= 0.6 is 25.0 Å². The van der Waals surface area contributed by atoms with E-state index in [-0.39, 0.29) is 41.7 Å². The van der Waals surface area contributed by atoms with E-state index in [1.54, 1.807) is 18.2 Å². The number of ketones is 1. The Morgan fingerprint density at radius 1 is 1.31 bits per heavy atom. The van der Waals surface area contributed by atoms with Gasteiger partial charge in [0.25, 0.3) is 0 Å². The minimum atomic E-state index is -0.609. The summed E-state index contributed by atoms with van der Waals surface area (Å²) in [5.41, 5.74) is 1.38. The second-order valence-corrected chi connectivity index (χ2v) is 8.59. The minimum absolute atomic E-state index is 0. The SMILES string of the molecule is COC(=O)Cn1cnc(C=C2CN(C(C(=O)C3CC3)c3ccccc3F)CCC2S)n1.Cl. The Kier molecular flexibility index (Phi) is 8.08. The molecule has 2 atom stereocenters. The molecule has 2 heterocycles. The Labute approximate surface area is 197 Å². The average molecular weight is 481 g/mol. The van der Waals surface area contributed by atoms with Crippen LogP contribution in [-0.2, 0) is 20.9 Å². The van der Waals surface area contributed by atoms with Crippen LogP contribution in [0.15, 0.2) is 36.2 Å². The van der Waals surface area contributed by atoms with Crippen molar-refractivity contribution < 1.29 is 18.7 Å². The van der Waals surface area contributed by atoms with Gasteiger partial charge in [0.05, 0.1) is 13.2 Å². The Hall–Kier alpha value is -2.23. The molecular formula is C22H26ClFN4O3S. The molecule has 4 rings (SSSR count). The van der Waals surface area contributed by atoms with Crippen molar-refractivity contribution in [3.05, 3.63) is 53.4 Å². The first kappa shape index (κ1) is 24.4. The van der Waals surface area contributed by atoms with Gasteiger partial charge in [-0.2, -0.15) is 17.7 Å². The van der Waals surface area contributed by atoms with Gasteiger partial charge in [0.15, 0.2) is 11.6 Å². The van der Waals surface area contributed by atoms with Crippen LogP contribution in [0.5, 0.6) is 0 Å². The van der Waals surface area contributed by atoms with Crippen LogP contribution in [0.25, 0.3) is 6.08 Å². The molecule has 1 aromatic heterocycles. The molecule has 1 aliphatic heterocycles. The summed E-state index contributed by atoms with van der Waals surface area (Å²) in [6.07, 6.45) is 5.77. The minimum Gasteiger partial charge on any atom is -0.468 e. The van der Waals surface area contributed by atoms with Crippen molar-refractivity contribution >= 4 is 42.9 Å². The van der Waals surface area contributed by atoms with Crippen LogP contribution in [0.2, 0.25) is 0 Å². The zero-order valence-corrected chi connectivity index (χ0v) is 19.4. The van der Waals surface area contributed by atoms with Gasteiger partial charge in [0, 0.05) is 29.8 Å². The molecule has 1 aliphatic carbocycles. The number of hydrogen-bond donors (Lipinski definition) is 1. The molecule has 2 fully saturated rings. The molecule has 0 spiro atoms. The third kappa shape index (κ3) is 5.57. The molecule has 0 radical (unpaired) electrons. The standard InChI is InChI=1S/C22H25FN4O3S.ClH/c1-30-20(28)12-27-13-24-19(25-27)10-15-11-26(9-8-18(15)31)21(22(29)14-6-7-14)16-4-2-3-5-17(16)23;/h2-5,10,13-14,18,21,31H,6-9,11-12H2,1H3;1H. The van der Waals surface area contributed by atoms with E-state index in [9.17, 15) is 14.0 Å². The summed E-state index contributed by atoms with van der Waals surface area (Å²) in [4.78, 5) is 30.8. The normalized spacial score (nSPS) is 21.1. The molecule has 10 heteroatoms. The molecular weight excluding hydrogens is 455 g/mol. The molecule has 1 saturated heterocycles. The summed E-state index contributed by atoms with van der Waals surface area (Å²) in [5.74, 6) is -0.214. The van der Waals surface area contributed by atoms with Gasteiger partial charge in [-0.15, -0.1) is 12.4 Å². The maximum atomic E-state index is 14.6. The Balaban J connectivity index is 0.00000289. The lowest BCUT2D eigenvalue weighted by molar-refractivity contribution is -0.141. The van der Waals surface area contributed by atoms with E-state index in [1.807, 2.05) is 11.0 Å². The number of halogens is 2. The summed E-state index contributed by atoms with van der Waals surface area (Å²) in [7, 11) is 1.32. The number of carbonyl (C=O) groups is 2. The highest BCUT2D eigenvalue weighted by Gasteiger charge is 2.40. The van der Waals surface area contributed by atoms with E-state index in [4.69, 9.17) is 12.6 Å². The predicted octanol–water partition coefficient (Wildman–Crippen LogP) is 3.12. The Morgan fingerprint density at radius 3 is 2.75 bits per heavy atom. The quantitative estimate of drug-likeness (QED) is 0.484. The lowest BCUT2D eigenvalue weighted by atomic mass is 9.93. The second-order valence-electron chi connectivity index (χ2n) is 7.97. The van der Waals surface area contributed by atoms with Gasteiger partial charge in [-0.05, 0) is 37.0 Å². The molecule has 2 unspecified atom stereocenters. The van der Waals surface area contributed by atoms with E-state index in [2.05, 4.69) is 14.8 Å². The van der Waals surface area contributed by atoms with Crippen LogP contribution in [0.1, 0.15) is 36.7 Å². The Bertz CT molecular complexity index is 1010. The zero-order valence-electron chi connectivity index (χ0n) is 17.7. The van der Waals surface area contributed by atoms with Crippen LogP contribution in [-0.4, -0.2) is 56.9 Å². The van der Waals surface area contributed by atoms with E-state index >= 15 is 0 Å². The number of benzene rings is 1. The van der Waals surface area contributed by atoms with Crippen LogP contribution in [0.4, 0.5) is 4.39 Å². The van der Waals surface area contributed by atoms with E-state index < -0.39 is 12.0 Å². The molecule has 0 amide bonds. The number of Topliss-reactive ketones (excluding diaryl/α,β-unsaturated/α-hetero) is 1. The van der Waals surface area contributed by atoms with E-state index in [0.717, 1.165) is 24.8 Å². The highest BCUT2D eigenvalue weighted by atomic mass is 35.5. The molecule has 1 aromatic carbocycles. The average Bonchev–Trinajstić information content (AvgIpc) is 3.53. The highest BCUT2D eigenvalue weighted by molar-refractivity contribution is 7.81. The Morgan fingerprint density at radius 2 is 2.06 bits per heavy atom. The van der Waals surface area contributed by atoms with Gasteiger partial charge in [0.2, 0.25) is 0 Å². The monoisotopic (exact) mass is 480 g/mol. The van der Waals surface area contributed by atoms with E-state index in [0.29, 0.717) is 24.5 Å². The summed E-state index contributed by atoms with van der Waals surface area (Å²) in [6.45, 7) is 1.10. The first-order valence-electron chi connectivity index (χ1n) is 10.3. The smallest absolute Gasteiger partial charge is 0.327 e. The molecule has 2 aliphatic rings. The van der Waals surface area contributed by atoms with Crippen molar-refractivity contribution in [1.82, 2.24) is 19.7 Å². The van der Waals surface area contributed by atoms with Crippen molar-refractivity contribution in [2.45, 2.75) is 37.1 Å². The zero-order chi connectivity index (χ0) is 22.0. The van der Waals surface area contributed by atoms with Gasteiger partial charge in [0.1, 0.15) is 18.7 Å². The summed E-state index contributed by atoms with van der Waals surface area (Å²) >= 11 is 4.70. The van der Waals surface area contributed by atoms with E-state index in [1.165, 1.54) is 24.2 Å². The second kappa shape index (κ2) is 10.6. The summed E-state index contributed by atoms with van der Waals surface area (Å²) < 4.78 is 20.7. The first-order chi connectivity index (χ1) is 15.0. The number of aromatic nitrogens is 3. The number of methoxy groups -OCH3 is 1. The fraction of sp³-hybridized carbons (Fsp3) is 0.455. The van der Waals surface area contributed by atoms with Crippen LogP contribution < -0.4 is 0 Å². The van der Waals surface area contributed by atoms with Crippen LogP contribution in [0.3, 0.4) is 0 Å². The van der Waals surface area contributed by atoms with Crippen molar-refractivity contribution in [1.29, 1.82) is 0 Å². The molecule has 32 heavy (non-hydrogen) atoms. The van der Waals surface area contributed by atoms with Crippen molar-refractivity contribution in [2.75, 3.05) is 20.2 Å². The van der Waals surface area contributed by atoms with Gasteiger partial charge < -0.3 is 4.74 Å². The van der Waals surface area contributed by atoms with Gasteiger partial charge >= 0.3 is 5.97 Å². The van der Waals surface area contributed by atoms with Crippen molar-refractivity contribution in [2.24, 2.45) is 5.92 Å². The first-order valence-corrected chi connectivity index (χ1v) is 10.8. The lowest BCUT2D eigenvalue weighted by Crippen LogP contribution is -2.42. The number of nitrogens with zero attached hydrogens (tertiary/aromatic N) is 4. The molecule has 0 N–H and O–H groups in total. The number of esters is 1. The number of piperidine rings is 1. The lowest BCUT2D eigenvalue weighted by Gasteiger charge is -2.37. The number of ether oxygens (including phenoxy) is 1. The largest absolute Gasteiger partial charge is 0.468 e. The number of rotatable bonds is 7. The molecule has 172 valence electrons. The van der Waals surface area contributed by atoms with Crippen molar-refractivity contribution in [3.8, 4) is 0 Å².